The molecule has 15 heavy (non-hydrogen) atoms. The summed E-state index contributed by atoms with van der Waals surface area (Å²) in [4.78, 5) is 0. The van der Waals surface area contributed by atoms with E-state index < -0.39 is 0 Å². The molecule has 4 heteroatoms. The van der Waals surface area contributed by atoms with Gasteiger partial charge in [0.1, 0.15) is 7.85 Å². The lowest BCUT2D eigenvalue weighted by atomic mass is 9.76. The molecule has 1 rings (SSSR count). The molecule has 0 amide bonds. The molecule has 1 atom stereocenters. The maximum absolute atomic E-state index is 8.67. The first-order chi connectivity index (χ1) is 6.98. The molecule has 82 valence electrons. The molecule has 0 aromatic heterocycles. The highest BCUT2D eigenvalue weighted by Gasteiger charge is 2.28. The van der Waals surface area contributed by atoms with Crippen molar-refractivity contribution in [2.75, 3.05) is 6.54 Å². The summed E-state index contributed by atoms with van der Waals surface area (Å²) in [5, 5.41) is 8.67. The van der Waals surface area contributed by atoms with Crippen LogP contribution in [0.1, 0.15) is 19.4 Å². The summed E-state index contributed by atoms with van der Waals surface area (Å²) < 4.78 is 0. The first-order valence-corrected chi connectivity index (χ1v) is 5.18. The lowest BCUT2D eigenvalue weighted by molar-refractivity contribution is 0.149. The normalized spacial score (nSPS) is 13.9. The molecule has 4 N–H and O–H groups in total. The van der Waals surface area contributed by atoms with Crippen LogP contribution in [0.2, 0.25) is 0 Å². The smallest absolute Gasteiger partial charge is 0.139 e. The van der Waals surface area contributed by atoms with Crippen LogP contribution < -0.4 is 16.7 Å². The molecule has 0 aliphatic rings. The number of hydroxylamine groups is 1. The highest BCUT2D eigenvalue weighted by molar-refractivity contribution is 6.32. The van der Waals surface area contributed by atoms with Gasteiger partial charge in [-0.3, -0.25) is 0 Å². The minimum atomic E-state index is -0.151. The molecular formula is C11H19BN2O. The average Bonchev–Trinajstić information content (AvgIpc) is 2.18. The summed E-state index contributed by atoms with van der Waals surface area (Å²) >= 11 is 0. The van der Waals surface area contributed by atoms with E-state index in [9.17, 15) is 0 Å². The molecule has 0 aliphatic carbocycles. The van der Waals surface area contributed by atoms with Gasteiger partial charge >= 0.3 is 0 Å². The Morgan fingerprint density at radius 2 is 2.20 bits per heavy atom. The summed E-state index contributed by atoms with van der Waals surface area (Å²) in [5.74, 6) is 0. The van der Waals surface area contributed by atoms with E-state index in [-0.39, 0.29) is 11.5 Å². The molecule has 0 radical (unpaired) electrons. The third-order valence-electron chi connectivity index (χ3n) is 3.00. The SMILES string of the molecule is Bc1cccc(C(C)(C)C(N)CNO)c1. The average molecular weight is 206 g/mol. The van der Waals surface area contributed by atoms with Crippen molar-refractivity contribution < 1.29 is 5.21 Å². The molecule has 1 aromatic rings. The monoisotopic (exact) mass is 206 g/mol. The Labute approximate surface area is 92.0 Å². The van der Waals surface area contributed by atoms with E-state index in [2.05, 4.69) is 45.4 Å². The standard InChI is InChI=1S/C11H19BN2O/c1-11(2,10(13)7-14-15)8-4-3-5-9(12)6-8/h3-6,10,14-15H,7,12-13H2,1-2H3. The number of nitrogens with one attached hydrogen (secondary N) is 1. The molecule has 1 unspecified atom stereocenters. The van der Waals surface area contributed by atoms with Gasteiger partial charge in [0.15, 0.2) is 0 Å². The van der Waals surface area contributed by atoms with Crippen molar-refractivity contribution in [1.29, 1.82) is 0 Å². The molecule has 1 aromatic carbocycles. The van der Waals surface area contributed by atoms with Gasteiger partial charge in [-0.1, -0.05) is 43.6 Å². The van der Waals surface area contributed by atoms with Gasteiger partial charge in [-0.2, -0.15) is 0 Å². The highest BCUT2D eigenvalue weighted by atomic mass is 16.5. The second-order valence-electron chi connectivity index (χ2n) is 4.56. The minimum absolute atomic E-state index is 0.121. The summed E-state index contributed by atoms with van der Waals surface area (Å²) in [6.07, 6.45) is 0. The van der Waals surface area contributed by atoms with Crippen LogP contribution in [0.15, 0.2) is 24.3 Å². The molecule has 0 bridgehead atoms. The number of nitrogens with two attached hydrogens (primary N) is 1. The van der Waals surface area contributed by atoms with E-state index in [0.29, 0.717) is 6.54 Å². The van der Waals surface area contributed by atoms with Crippen LogP contribution in [-0.2, 0) is 5.41 Å². The number of hydrogen-bond donors (Lipinski definition) is 3. The van der Waals surface area contributed by atoms with Crippen LogP contribution in [-0.4, -0.2) is 25.6 Å². The van der Waals surface area contributed by atoms with Crippen LogP contribution in [0.5, 0.6) is 0 Å². The topological polar surface area (TPSA) is 58.3 Å². The Morgan fingerprint density at radius 1 is 1.53 bits per heavy atom. The Bertz CT molecular complexity index is 328. The third kappa shape index (κ3) is 2.81. The molecule has 0 saturated carbocycles. The summed E-state index contributed by atoms with van der Waals surface area (Å²) in [6, 6.07) is 8.19. The molecular weight excluding hydrogens is 187 g/mol. The van der Waals surface area contributed by atoms with E-state index in [1.54, 1.807) is 0 Å². The zero-order valence-corrected chi connectivity index (χ0v) is 9.62. The number of benzene rings is 1. The predicted molar refractivity (Wildman–Crippen MR) is 65.4 cm³/mol. The maximum atomic E-state index is 8.67. The van der Waals surface area contributed by atoms with Crippen LogP contribution in [0, 0.1) is 0 Å². The second-order valence-corrected chi connectivity index (χ2v) is 4.56. The Morgan fingerprint density at radius 3 is 2.73 bits per heavy atom. The molecule has 0 heterocycles. The predicted octanol–water partition coefficient (Wildman–Crippen LogP) is -0.471. The van der Waals surface area contributed by atoms with Crippen molar-refractivity contribution in [3.05, 3.63) is 29.8 Å². The molecule has 0 aliphatic heterocycles. The number of rotatable bonds is 4. The Balaban J connectivity index is 2.94. The third-order valence-corrected chi connectivity index (χ3v) is 3.00. The summed E-state index contributed by atoms with van der Waals surface area (Å²) in [5.41, 5.74) is 10.4. The van der Waals surface area contributed by atoms with Gasteiger partial charge in [-0.05, 0) is 5.56 Å². The van der Waals surface area contributed by atoms with Crippen LogP contribution in [0.3, 0.4) is 0 Å². The summed E-state index contributed by atoms with van der Waals surface area (Å²) in [6.45, 7) is 4.56. The first kappa shape index (κ1) is 12.2. The Kier molecular flexibility index (Phi) is 3.91. The quantitative estimate of drug-likeness (QED) is 0.461. The van der Waals surface area contributed by atoms with Crippen molar-refractivity contribution in [2.24, 2.45) is 5.73 Å². The maximum Gasteiger partial charge on any atom is 0.139 e. The fraction of sp³-hybridized carbons (Fsp3) is 0.455. The van der Waals surface area contributed by atoms with Crippen molar-refractivity contribution in [1.82, 2.24) is 5.48 Å². The van der Waals surface area contributed by atoms with Crippen molar-refractivity contribution >= 4 is 13.3 Å². The van der Waals surface area contributed by atoms with E-state index in [0.717, 1.165) is 0 Å². The fourth-order valence-corrected chi connectivity index (χ4v) is 1.61. The van der Waals surface area contributed by atoms with E-state index in [1.807, 2.05) is 6.07 Å². The molecule has 0 spiro atoms. The molecule has 3 nitrogen and oxygen atoms in total. The van der Waals surface area contributed by atoms with E-state index >= 15 is 0 Å². The van der Waals surface area contributed by atoms with Crippen LogP contribution in [0.25, 0.3) is 0 Å². The Hall–Kier alpha value is -0.835. The van der Waals surface area contributed by atoms with Crippen LogP contribution >= 0.6 is 0 Å². The van der Waals surface area contributed by atoms with Crippen molar-refractivity contribution in [2.45, 2.75) is 25.3 Å². The van der Waals surface area contributed by atoms with Gasteiger partial charge in [0.25, 0.3) is 0 Å². The lowest BCUT2D eigenvalue weighted by Crippen LogP contribution is -2.47. The van der Waals surface area contributed by atoms with E-state index in [4.69, 9.17) is 10.9 Å². The van der Waals surface area contributed by atoms with Gasteiger partial charge in [0.2, 0.25) is 0 Å². The summed E-state index contributed by atoms with van der Waals surface area (Å²) in [7, 11) is 2.06. The fourth-order valence-electron chi connectivity index (χ4n) is 1.61. The van der Waals surface area contributed by atoms with Gasteiger partial charge in [-0.15, -0.1) is 0 Å². The van der Waals surface area contributed by atoms with Gasteiger partial charge in [0.05, 0.1) is 0 Å². The van der Waals surface area contributed by atoms with Crippen molar-refractivity contribution in [3.63, 3.8) is 0 Å². The van der Waals surface area contributed by atoms with Gasteiger partial charge < -0.3 is 10.9 Å². The lowest BCUT2D eigenvalue weighted by Gasteiger charge is -2.32. The van der Waals surface area contributed by atoms with Gasteiger partial charge in [-0.25, -0.2) is 5.48 Å². The second kappa shape index (κ2) is 4.79. The van der Waals surface area contributed by atoms with E-state index in [1.165, 1.54) is 11.0 Å². The zero-order chi connectivity index (χ0) is 11.5. The molecule has 0 fully saturated rings. The highest BCUT2D eigenvalue weighted by Crippen LogP contribution is 2.24. The van der Waals surface area contributed by atoms with Crippen LogP contribution in [0.4, 0.5) is 0 Å². The largest absolute Gasteiger partial charge is 0.326 e. The molecule has 0 saturated heterocycles. The first-order valence-electron chi connectivity index (χ1n) is 5.18. The van der Waals surface area contributed by atoms with Crippen molar-refractivity contribution in [3.8, 4) is 0 Å². The van der Waals surface area contributed by atoms with Gasteiger partial charge in [0, 0.05) is 18.0 Å². The number of hydrogen-bond acceptors (Lipinski definition) is 3. The zero-order valence-electron chi connectivity index (χ0n) is 9.62. The minimum Gasteiger partial charge on any atom is -0.326 e.